The van der Waals surface area contributed by atoms with Gasteiger partial charge in [-0.25, -0.2) is 0 Å². The SMILES string of the molecule is C[C@H]1C[C@H]1C(=O)Nc1cc(-c2ccccc2)ns1. The number of aromatic nitrogens is 1. The van der Waals surface area contributed by atoms with Gasteiger partial charge in [-0.1, -0.05) is 37.3 Å². The van der Waals surface area contributed by atoms with Crippen LogP contribution in [0.25, 0.3) is 11.3 Å². The summed E-state index contributed by atoms with van der Waals surface area (Å²) in [7, 11) is 0. The summed E-state index contributed by atoms with van der Waals surface area (Å²) in [5.74, 6) is 0.865. The summed E-state index contributed by atoms with van der Waals surface area (Å²) in [6.45, 7) is 2.10. The van der Waals surface area contributed by atoms with Gasteiger partial charge in [-0.15, -0.1) is 0 Å². The molecule has 1 fully saturated rings. The van der Waals surface area contributed by atoms with Gasteiger partial charge in [0.25, 0.3) is 0 Å². The molecule has 1 aromatic heterocycles. The predicted octanol–water partition coefficient (Wildman–Crippen LogP) is 3.40. The van der Waals surface area contributed by atoms with Gasteiger partial charge in [-0.2, -0.15) is 4.37 Å². The molecule has 1 N–H and O–H groups in total. The van der Waals surface area contributed by atoms with Gasteiger partial charge in [0.15, 0.2) is 0 Å². The van der Waals surface area contributed by atoms with E-state index in [-0.39, 0.29) is 11.8 Å². The Hall–Kier alpha value is -1.68. The molecule has 0 bridgehead atoms. The number of hydrogen-bond acceptors (Lipinski definition) is 3. The lowest BCUT2D eigenvalue weighted by atomic mass is 10.1. The van der Waals surface area contributed by atoms with E-state index in [0.29, 0.717) is 5.92 Å². The van der Waals surface area contributed by atoms with Gasteiger partial charge in [0.2, 0.25) is 5.91 Å². The normalized spacial score (nSPS) is 21.6. The third-order valence-corrected chi connectivity index (χ3v) is 3.98. The topological polar surface area (TPSA) is 42.0 Å². The van der Waals surface area contributed by atoms with E-state index in [1.54, 1.807) is 0 Å². The molecule has 18 heavy (non-hydrogen) atoms. The molecule has 0 spiro atoms. The molecule has 0 saturated heterocycles. The Morgan fingerprint density at radius 3 is 2.78 bits per heavy atom. The van der Waals surface area contributed by atoms with Crippen LogP contribution in [0.3, 0.4) is 0 Å². The van der Waals surface area contributed by atoms with Crippen molar-refractivity contribution in [2.75, 3.05) is 5.32 Å². The molecule has 2 atom stereocenters. The molecule has 1 aromatic carbocycles. The molecule has 0 aliphatic heterocycles. The van der Waals surface area contributed by atoms with Crippen molar-refractivity contribution < 1.29 is 4.79 Å². The van der Waals surface area contributed by atoms with E-state index in [2.05, 4.69) is 16.6 Å². The zero-order chi connectivity index (χ0) is 12.5. The summed E-state index contributed by atoms with van der Waals surface area (Å²) in [4.78, 5) is 11.8. The molecule has 1 aliphatic rings. The van der Waals surface area contributed by atoms with Gasteiger partial charge in [0, 0.05) is 17.5 Å². The zero-order valence-corrected chi connectivity index (χ0v) is 10.9. The smallest absolute Gasteiger partial charge is 0.228 e. The van der Waals surface area contributed by atoms with E-state index >= 15 is 0 Å². The summed E-state index contributed by atoms with van der Waals surface area (Å²) < 4.78 is 4.37. The maximum Gasteiger partial charge on any atom is 0.228 e. The van der Waals surface area contributed by atoms with Gasteiger partial charge in [-0.05, 0) is 23.9 Å². The second-order valence-electron chi connectivity index (χ2n) is 4.75. The highest BCUT2D eigenvalue weighted by molar-refractivity contribution is 7.10. The van der Waals surface area contributed by atoms with E-state index in [4.69, 9.17) is 0 Å². The van der Waals surface area contributed by atoms with Crippen LogP contribution in [0.4, 0.5) is 5.00 Å². The van der Waals surface area contributed by atoms with Crippen LogP contribution in [0.15, 0.2) is 36.4 Å². The van der Waals surface area contributed by atoms with Crippen molar-refractivity contribution in [3.8, 4) is 11.3 Å². The number of carbonyl (C=O) groups excluding carboxylic acids is 1. The van der Waals surface area contributed by atoms with Gasteiger partial charge in [0.1, 0.15) is 5.00 Å². The van der Waals surface area contributed by atoms with E-state index in [0.717, 1.165) is 22.7 Å². The van der Waals surface area contributed by atoms with Crippen LogP contribution in [0.1, 0.15) is 13.3 Å². The fourth-order valence-corrected chi connectivity index (χ4v) is 2.65. The number of anilines is 1. The first-order valence-electron chi connectivity index (χ1n) is 6.07. The van der Waals surface area contributed by atoms with Crippen molar-refractivity contribution in [2.24, 2.45) is 11.8 Å². The van der Waals surface area contributed by atoms with Gasteiger partial charge < -0.3 is 5.32 Å². The van der Waals surface area contributed by atoms with Crippen molar-refractivity contribution in [3.05, 3.63) is 36.4 Å². The average Bonchev–Trinajstić information content (AvgIpc) is 2.95. The van der Waals surface area contributed by atoms with Gasteiger partial charge >= 0.3 is 0 Å². The van der Waals surface area contributed by atoms with Crippen molar-refractivity contribution in [1.82, 2.24) is 4.37 Å². The van der Waals surface area contributed by atoms with Gasteiger partial charge in [0.05, 0.1) is 5.69 Å². The van der Waals surface area contributed by atoms with Gasteiger partial charge in [-0.3, -0.25) is 4.79 Å². The Morgan fingerprint density at radius 1 is 1.39 bits per heavy atom. The largest absolute Gasteiger partial charge is 0.316 e. The lowest BCUT2D eigenvalue weighted by Crippen LogP contribution is -2.13. The first kappa shape index (κ1) is 11.4. The van der Waals surface area contributed by atoms with Crippen LogP contribution in [0.5, 0.6) is 0 Å². The van der Waals surface area contributed by atoms with Crippen LogP contribution in [0, 0.1) is 11.8 Å². The molecule has 3 nitrogen and oxygen atoms in total. The average molecular weight is 258 g/mol. The zero-order valence-electron chi connectivity index (χ0n) is 10.1. The molecule has 4 heteroatoms. The Morgan fingerprint density at radius 2 is 2.11 bits per heavy atom. The summed E-state index contributed by atoms with van der Waals surface area (Å²) in [5, 5.41) is 3.77. The highest BCUT2D eigenvalue weighted by Gasteiger charge is 2.39. The molecule has 1 heterocycles. The quantitative estimate of drug-likeness (QED) is 0.916. The van der Waals surface area contributed by atoms with E-state index in [1.165, 1.54) is 11.5 Å². The third kappa shape index (κ3) is 2.29. The minimum atomic E-state index is 0.130. The molecule has 1 saturated carbocycles. The van der Waals surface area contributed by atoms with Crippen LogP contribution < -0.4 is 5.32 Å². The number of amides is 1. The molecule has 2 aromatic rings. The monoisotopic (exact) mass is 258 g/mol. The first-order valence-corrected chi connectivity index (χ1v) is 6.84. The second-order valence-corrected chi connectivity index (χ2v) is 5.56. The Bertz CT molecular complexity index is 564. The summed E-state index contributed by atoms with van der Waals surface area (Å²) in [5.41, 5.74) is 1.99. The Kier molecular flexibility index (Phi) is 2.88. The molecule has 3 rings (SSSR count). The standard InChI is InChI=1S/C14H14N2OS/c1-9-7-11(9)14(17)15-13-8-12(16-18-13)10-5-3-2-4-6-10/h2-6,8-9,11H,7H2,1H3,(H,15,17)/t9-,11+/m0/s1. The molecule has 1 amide bonds. The molecular formula is C14H14N2OS. The van der Waals surface area contributed by atoms with Crippen molar-refractivity contribution in [3.63, 3.8) is 0 Å². The summed E-state index contributed by atoms with van der Waals surface area (Å²) in [6, 6.07) is 11.9. The number of hydrogen-bond donors (Lipinski definition) is 1. The van der Waals surface area contributed by atoms with E-state index in [9.17, 15) is 4.79 Å². The van der Waals surface area contributed by atoms with Crippen molar-refractivity contribution >= 4 is 22.4 Å². The lowest BCUT2D eigenvalue weighted by molar-refractivity contribution is -0.117. The molecule has 0 radical (unpaired) electrons. The highest BCUT2D eigenvalue weighted by atomic mass is 32.1. The number of benzene rings is 1. The van der Waals surface area contributed by atoms with Crippen LogP contribution in [-0.2, 0) is 4.79 Å². The van der Waals surface area contributed by atoms with Crippen LogP contribution in [0.2, 0.25) is 0 Å². The Balaban J connectivity index is 1.72. The first-order chi connectivity index (χ1) is 8.74. The van der Waals surface area contributed by atoms with Crippen LogP contribution >= 0.6 is 11.5 Å². The molecule has 1 aliphatic carbocycles. The molecule has 0 unspecified atom stereocenters. The maximum absolute atomic E-state index is 11.8. The number of carbonyl (C=O) groups is 1. The number of rotatable bonds is 3. The third-order valence-electron chi connectivity index (χ3n) is 3.27. The van der Waals surface area contributed by atoms with E-state index < -0.39 is 0 Å². The summed E-state index contributed by atoms with van der Waals surface area (Å²) in [6.07, 6.45) is 1.01. The number of nitrogens with zero attached hydrogens (tertiary/aromatic N) is 1. The van der Waals surface area contributed by atoms with Crippen LogP contribution in [-0.4, -0.2) is 10.3 Å². The molecular weight excluding hydrogens is 244 g/mol. The van der Waals surface area contributed by atoms with Crippen molar-refractivity contribution in [1.29, 1.82) is 0 Å². The van der Waals surface area contributed by atoms with Crippen molar-refractivity contribution in [2.45, 2.75) is 13.3 Å². The minimum Gasteiger partial charge on any atom is -0.316 e. The lowest BCUT2D eigenvalue weighted by Gasteiger charge is -1.98. The summed E-state index contributed by atoms with van der Waals surface area (Å²) >= 11 is 1.34. The fraction of sp³-hybridized carbons (Fsp3) is 0.286. The second kappa shape index (κ2) is 4.53. The minimum absolute atomic E-state index is 0.130. The molecule has 92 valence electrons. The predicted molar refractivity (Wildman–Crippen MR) is 73.5 cm³/mol. The van der Waals surface area contributed by atoms with E-state index in [1.807, 2.05) is 36.4 Å². The fourth-order valence-electron chi connectivity index (χ4n) is 1.98. The number of nitrogens with one attached hydrogen (secondary N) is 1. The Labute approximate surface area is 110 Å². The highest BCUT2D eigenvalue weighted by Crippen LogP contribution is 2.39. The maximum atomic E-state index is 11.8.